The molecule has 2 rings (SSSR count). The highest BCUT2D eigenvalue weighted by Gasteiger charge is 2.25. The summed E-state index contributed by atoms with van der Waals surface area (Å²) >= 11 is 0. The lowest BCUT2D eigenvalue weighted by Crippen LogP contribution is -2.22. The number of hydrogen-bond donors (Lipinski definition) is 0. The van der Waals surface area contributed by atoms with E-state index in [0.717, 1.165) is 0 Å². The van der Waals surface area contributed by atoms with Crippen molar-refractivity contribution in [3.8, 4) is 0 Å². The first kappa shape index (κ1) is 13.1. The molecule has 1 aliphatic rings. The van der Waals surface area contributed by atoms with Gasteiger partial charge in [0.25, 0.3) is 0 Å². The predicted molar refractivity (Wildman–Crippen MR) is 72.4 cm³/mol. The van der Waals surface area contributed by atoms with E-state index in [1.807, 2.05) is 6.07 Å². The van der Waals surface area contributed by atoms with Crippen LogP contribution < -0.4 is 0 Å². The number of carbonyl (C=O) groups is 1. The van der Waals surface area contributed by atoms with Crippen LogP contribution in [0.15, 0.2) is 30.3 Å². The number of esters is 1. The zero-order valence-electron chi connectivity index (χ0n) is 11.1. The molecular weight excluding hydrogens is 224 g/mol. The van der Waals surface area contributed by atoms with Gasteiger partial charge in [-0.2, -0.15) is 0 Å². The zero-order chi connectivity index (χ0) is 12.8. The lowest BCUT2D eigenvalue weighted by atomic mass is 9.77. The fraction of sp³-hybridized carbons (Fsp3) is 0.562. The maximum absolute atomic E-state index is 11.0. The Morgan fingerprint density at radius 2 is 1.89 bits per heavy atom. The average molecular weight is 246 g/mol. The molecule has 0 saturated heterocycles. The second-order valence-electron chi connectivity index (χ2n) is 5.22. The molecule has 0 radical (unpaired) electrons. The summed E-state index contributed by atoms with van der Waals surface area (Å²) in [6.45, 7) is 2.02. The second kappa shape index (κ2) is 6.58. The Morgan fingerprint density at radius 1 is 1.22 bits per heavy atom. The molecule has 18 heavy (non-hydrogen) atoms. The van der Waals surface area contributed by atoms with Crippen molar-refractivity contribution < 1.29 is 9.53 Å². The van der Waals surface area contributed by atoms with Crippen LogP contribution >= 0.6 is 0 Å². The molecule has 98 valence electrons. The molecule has 0 aliphatic heterocycles. The van der Waals surface area contributed by atoms with Gasteiger partial charge in [-0.3, -0.25) is 4.79 Å². The van der Waals surface area contributed by atoms with Gasteiger partial charge in [-0.15, -0.1) is 0 Å². The first-order chi connectivity index (χ1) is 8.77. The lowest BCUT2D eigenvalue weighted by molar-refractivity contribution is -0.142. The van der Waals surface area contributed by atoms with Crippen LogP contribution in [0.1, 0.15) is 50.5 Å². The number of hydrogen-bond acceptors (Lipinski definition) is 2. The van der Waals surface area contributed by atoms with Gasteiger partial charge in [0, 0.05) is 12.8 Å². The topological polar surface area (TPSA) is 26.3 Å². The van der Waals surface area contributed by atoms with E-state index in [-0.39, 0.29) is 5.97 Å². The second-order valence-corrected chi connectivity index (χ2v) is 5.22. The summed E-state index contributed by atoms with van der Waals surface area (Å²) in [6, 6.07) is 10.5. The van der Waals surface area contributed by atoms with Gasteiger partial charge < -0.3 is 4.74 Å². The van der Waals surface area contributed by atoms with E-state index in [0.29, 0.717) is 18.4 Å². The van der Waals surface area contributed by atoms with Crippen LogP contribution in [0.2, 0.25) is 0 Å². The Balaban J connectivity index is 2.08. The average Bonchev–Trinajstić information content (AvgIpc) is 2.41. The van der Waals surface area contributed by atoms with E-state index in [9.17, 15) is 4.79 Å². The SMILES string of the molecule is CC(=O)OCC(c1ccccc1)C1CCCCC1. The van der Waals surface area contributed by atoms with E-state index in [2.05, 4.69) is 24.3 Å². The van der Waals surface area contributed by atoms with Crippen molar-refractivity contribution in [3.63, 3.8) is 0 Å². The first-order valence-electron chi connectivity index (χ1n) is 6.95. The third-order valence-electron chi connectivity index (χ3n) is 3.91. The van der Waals surface area contributed by atoms with E-state index in [4.69, 9.17) is 4.74 Å². The highest BCUT2D eigenvalue weighted by atomic mass is 16.5. The van der Waals surface area contributed by atoms with Crippen molar-refractivity contribution in [2.24, 2.45) is 5.92 Å². The van der Waals surface area contributed by atoms with Gasteiger partial charge in [0.1, 0.15) is 0 Å². The molecular formula is C16H22O2. The van der Waals surface area contributed by atoms with Crippen molar-refractivity contribution in [1.82, 2.24) is 0 Å². The lowest BCUT2D eigenvalue weighted by Gasteiger charge is -2.30. The maximum atomic E-state index is 11.0. The van der Waals surface area contributed by atoms with Crippen LogP contribution in [0.25, 0.3) is 0 Å². The molecule has 0 N–H and O–H groups in total. The molecule has 2 heteroatoms. The Bertz CT molecular complexity index is 366. The van der Waals surface area contributed by atoms with Crippen LogP contribution in [0.3, 0.4) is 0 Å². The molecule has 1 saturated carbocycles. The standard InChI is InChI=1S/C16H22O2/c1-13(17)18-12-16(14-8-4-2-5-9-14)15-10-6-3-7-11-15/h2,4-5,8-9,15-16H,3,6-7,10-12H2,1H3. The minimum Gasteiger partial charge on any atom is -0.465 e. The molecule has 0 bridgehead atoms. The van der Waals surface area contributed by atoms with Crippen LogP contribution in [0, 0.1) is 5.92 Å². The number of rotatable bonds is 4. The van der Waals surface area contributed by atoms with Crippen molar-refractivity contribution in [1.29, 1.82) is 0 Å². The van der Waals surface area contributed by atoms with E-state index in [1.54, 1.807) is 0 Å². The van der Waals surface area contributed by atoms with Crippen molar-refractivity contribution >= 4 is 5.97 Å². The maximum Gasteiger partial charge on any atom is 0.302 e. The van der Waals surface area contributed by atoms with Crippen LogP contribution in [-0.2, 0) is 9.53 Å². The molecule has 2 nitrogen and oxygen atoms in total. The van der Waals surface area contributed by atoms with Crippen molar-refractivity contribution in [3.05, 3.63) is 35.9 Å². The molecule has 1 aromatic rings. The third kappa shape index (κ3) is 3.59. The number of ether oxygens (including phenoxy) is 1. The summed E-state index contributed by atoms with van der Waals surface area (Å²) in [5.41, 5.74) is 1.31. The minimum absolute atomic E-state index is 0.174. The predicted octanol–water partition coefficient (Wildman–Crippen LogP) is 3.91. The summed E-state index contributed by atoms with van der Waals surface area (Å²) in [6.07, 6.45) is 6.51. The molecule has 1 unspecified atom stereocenters. The van der Waals surface area contributed by atoms with E-state index in [1.165, 1.54) is 44.6 Å². The van der Waals surface area contributed by atoms with E-state index < -0.39 is 0 Å². The molecule has 1 atom stereocenters. The molecule has 1 aromatic carbocycles. The Kier molecular flexibility index (Phi) is 4.80. The van der Waals surface area contributed by atoms with Gasteiger partial charge in [0.05, 0.1) is 6.61 Å². The number of benzene rings is 1. The quantitative estimate of drug-likeness (QED) is 0.753. The molecule has 1 fully saturated rings. The summed E-state index contributed by atoms with van der Waals surface area (Å²) in [7, 11) is 0. The minimum atomic E-state index is -0.174. The summed E-state index contributed by atoms with van der Waals surface area (Å²) in [4.78, 5) is 11.0. The van der Waals surface area contributed by atoms with Crippen LogP contribution in [-0.4, -0.2) is 12.6 Å². The normalized spacial score (nSPS) is 18.3. The summed E-state index contributed by atoms with van der Waals surface area (Å²) < 4.78 is 5.27. The van der Waals surface area contributed by atoms with Crippen molar-refractivity contribution in [2.75, 3.05) is 6.61 Å². The summed E-state index contributed by atoms with van der Waals surface area (Å²) in [5.74, 6) is 0.864. The largest absolute Gasteiger partial charge is 0.465 e. The van der Waals surface area contributed by atoms with Crippen LogP contribution in [0.5, 0.6) is 0 Å². The molecule has 0 amide bonds. The van der Waals surface area contributed by atoms with Gasteiger partial charge in [0.15, 0.2) is 0 Å². The molecule has 0 spiro atoms. The smallest absolute Gasteiger partial charge is 0.302 e. The highest BCUT2D eigenvalue weighted by molar-refractivity contribution is 5.65. The van der Waals surface area contributed by atoms with E-state index >= 15 is 0 Å². The Hall–Kier alpha value is -1.31. The Labute approximate surface area is 109 Å². The molecule has 0 heterocycles. The number of carbonyl (C=O) groups excluding carboxylic acids is 1. The van der Waals surface area contributed by atoms with Gasteiger partial charge in [0.2, 0.25) is 0 Å². The van der Waals surface area contributed by atoms with Gasteiger partial charge in [-0.1, -0.05) is 49.6 Å². The zero-order valence-corrected chi connectivity index (χ0v) is 11.1. The first-order valence-corrected chi connectivity index (χ1v) is 6.95. The molecule has 0 aromatic heterocycles. The highest BCUT2D eigenvalue weighted by Crippen LogP contribution is 2.36. The van der Waals surface area contributed by atoms with Crippen molar-refractivity contribution in [2.45, 2.75) is 44.9 Å². The Morgan fingerprint density at radius 3 is 2.50 bits per heavy atom. The fourth-order valence-electron chi connectivity index (χ4n) is 2.95. The molecule has 1 aliphatic carbocycles. The fourth-order valence-corrected chi connectivity index (χ4v) is 2.95. The van der Waals surface area contributed by atoms with Gasteiger partial charge >= 0.3 is 5.97 Å². The van der Waals surface area contributed by atoms with Gasteiger partial charge in [-0.05, 0) is 24.3 Å². The van der Waals surface area contributed by atoms with Crippen LogP contribution in [0.4, 0.5) is 0 Å². The summed E-state index contributed by atoms with van der Waals surface area (Å²) in [5, 5.41) is 0. The monoisotopic (exact) mass is 246 g/mol. The third-order valence-corrected chi connectivity index (χ3v) is 3.91. The van der Waals surface area contributed by atoms with Gasteiger partial charge in [-0.25, -0.2) is 0 Å².